The third-order valence-corrected chi connectivity index (χ3v) is 2.03. The van der Waals surface area contributed by atoms with Crippen molar-refractivity contribution in [2.75, 3.05) is 0 Å². The van der Waals surface area contributed by atoms with Gasteiger partial charge in [0.2, 0.25) is 0 Å². The molecule has 2 N–H and O–H groups in total. The number of hydrogen-bond acceptors (Lipinski definition) is 3. The number of nitrogens with one attached hydrogen (secondary N) is 1. The van der Waals surface area contributed by atoms with Crippen molar-refractivity contribution < 1.29 is 9.90 Å². The number of aromatic nitrogens is 2. The van der Waals surface area contributed by atoms with Crippen molar-refractivity contribution in [1.29, 1.82) is 0 Å². The Hall–Kier alpha value is -1.07. The molecular weight excluding hydrogens is 194 g/mol. The van der Waals surface area contributed by atoms with E-state index in [0.29, 0.717) is 18.8 Å². The first-order valence-electron chi connectivity index (χ1n) is 3.69. The van der Waals surface area contributed by atoms with E-state index in [9.17, 15) is 4.79 Å². The first-order valence-corrected chi connectivity index (χ1v) is 3.69. The number of aromatic carboxylic acids is 1. The number of carboxylic acids is 1. The lowest BCUT2D eigenvalue weighted by molar-refractivity contribution is 0.0683. The number of aryl methyl sites for hydroxylation is 1. The Kier molecular flexibility index (Phi) is 2.58. The number of halogens is 1. The normalized spacial score (nSPS) is 13.6. The summed E-state index contributed by atoms with van der Waals surface area (Å²) in [5.41, 5.74) is 1.98. The van der Waals surface area contributed by atoms with Crippen molar-refractivity contribution in [1.82, 2.24) is 15.1 Å². The predicted octanol–water partition coefficient (Wildman–Crippen LogP) is 0.143. The molecule has 1 aromatic rings. The van der Waals surface area contributed by atoms with Gasteiger partial charge in [-0.15, -0.1) is 12.4 Å². The van der Waals surface area contributed by atoms with Crippen molar-refractivity contribution >= 4 is 18.4 Å². The molecule has 0 aromatic carbocycles. The second kappa shape index (κ2) is 3.35. The van der Waals surface area contributed by atoms with Crippen LogP contribution in [-0.4, -0.2) is 20.9 Å². The number of carboxylic acid groups (broad SMARTS) is 1. The SMILES string of the molecule is Cl.Cn1nc2c(c1C(=O)O)CNC2. The van der Waals surface area contributed by atoms with Gasteiger partial charge in [0.15, 0.2) is 5.69 Å². The Balaban J connectivity index is 0.000000845. The third kappa shape index (κ3) is 1.40. The summed E-state index contributed by atoms with van der Waals surface area (Å²) in [5.74, 6) is -0.907. The minimum absolute atomic E-state index is 0. The standard InChI is InChI=1S/C7H9N3O2.ClH/c1-10-6(7(11)12)4-2-8-3-5(4)9-10;/h8H,2-3H2,1H3,(H,11,12);1H. The van der Waals surface area contributed by atoms with Crippen LogP contribution in [0.1, 0.15) is 21.7 Å². The summed E-state index contributed by atoms with van der Waals surface area (Å²) < 4.78 is 1.42. The van der Waals surface area contributed by atoms with Crippen LogP contribution >= 0.6 is 12.4 Å². The van der Waals surface area contributed by atoms with Crippen molar-refractivity contribution in [3.8, 4) is 0 Å². The number of nitrogens with zero attached hydrogens (tertiary/aromatic N) is 2. The Bertz CT molecular complexity index is 348. The zero-order valence-corrected chi connectivity index (χ0v) is 7.89. The third-order valence-electron chi connectivity index (χ3n) is 2.03. The lowest BCUT2D eigenvalue weighted by atomic mass is 10.2. The average Bonchev–Trinajstić information content (AvgIpc) is 2.44. The minimum atomic E-state index is -0.907. The fourth-order valence-corrected chi connectivity index (χ4v) is 1.52. The van der Waals surface area contributed by atoms with Gasteiger partial charge in [0.25, 0.3) is 0 Å². The fourth-order valence-electron chi connectivity index (χ4n) is 1.52. The molecule has 0 fully saturated rings. The minimum Gasteiger partial charge on any atom is -0.477 e. The van der Waals surface area contributed by atoms with Gasteiger partial charge < -0.3 is 10.4 Å². The largest absolute Gasteiger partial charge is 0.477 e. The van der Waals surface area contributed by atoms with Crippen LogP contribution in [0, 0.1) is 0 Å². The molecule has 0 amide bonds. The van der Waals surface area contributed by atoms with Crippen LogP contribution in [-0.2, 0) is 20.1 Å². The number of hydrogen-bond donors (Lipinski definition) is 2. The summed E-state index contributed by atoms with van der Waals surface area (Å²) >= 11 is 0. The van der Waals surface area contributed by atoms with Crippen LogP contribution in [0.3, 0.4) is 0 Å². The highest BCUT2D eigenvalue weighted by Crippen LogP contribution is 2.18. The molecule has 5 nitrogen and oxygen atoms in total. The van der Waals surface area contributed by atoms with Crippen LogP contribution in [0.25, 0.3) is 0 Å². The van der Waals surface area contributed by atoms with Crippen molar-refractivity contribution in [3.05, 3.63) is 17.0 Å². The monoisotopic (exact) mass is 203 g/mol. The molecule has 6 heteroatoms. The van der Waals surface area contributed by atoms with Crippen molar-refractivity contribution in [3.63, 3.8) is 0 Å². The quantitative estimate of drug-likeness (QED) is 0.682. The van der Waals surface area contributed by atoms with Gasteiger partial charge in [-0.2, -0.15) is 5.10 Å². The van der Waals surface area contributed by atoms with Gasteiger partial charge in [-0.25, -0.2) is 4.79 Å². The van der Waals surface area contributed by atoms with E-state index in [4.69, 9.17) is 5.11 Å². The second-order valence-electron chi connectivity index (χ2n) is 2.81. The maximum atomic E-state index is 10.8. The topological polar surface area (TPSA) is 67.2 Å². The van der Waals surface area contributed by atoms with E-state index in [2.05, 4.69) is 10.4 Å². The van der Waals surface area contributed by atoms with Crippen LogP contribution < -0.4 is 5.32 Å². The fraction of sp³-hybridized carbons (Fsp3) is 0.429. The molecule has 0 saturated carbocycles. The zero-order valence-electron chi connectivity index (χ0n) is 7.07. The molecule has 0 radical (unpaired) electrons. The van der Waals surface area contributed by atoms with E-state index >= 15 is 0 Å². The molecule has 1 aliphatic rings. The molecule has 1 aromatic heterocycles. The maximum absolute atomic E-state index is 10.8. The second-order valence-corrected chi connectivity index (χ2v) is 2.81. The molecule has 0 atom stereocenters. The van der Waals surface area contributed by atoms with Gasteiger partial charge in [0.1, 0.15) is 0 Å². The van der Waals surface area contributed by atoms with E-state index in [1.165, 1.54) is 4.68 Å². The molecule has 0 unspecified atom stereocenters. The van der Waals surface area contributed by atoms with Crippen molar-refractivity contribution in [2.45, 2.75) is 13.1 Å². The van der Waals surface area contributed by atoms with Crippen LogP contribution in [0.5, 0.6) is 0 Å². The molecule has 0 bridgehead atoms. The predicted molar refractivity (Wildman–Crippen MR) is 48.0 cm³/mol. The smallest absolute Gasteiger partial charge is 0.354 e. The average molecular weight is 204 g/mol. The zero-order chi connectivity index (χ0) is 8.72. The molecule has 0 spiro atoms. The first kappa shape index (κ1) is 10.0. The Morgan fingerprint density at radius 1 is 1.62 bits per heavy atom. The molecule has 0 aliphatic carbocycles. The lowest BCUT2D eigenvalue weighted by Crippen LogP contribution is -2.11. The Labute approximate surface area is 81.2 Å². The van der Waals surface area contributed by atoms with Crippen molar-refractivity contribution in [2.24, 2.45) is 7.05 Å². The molecule has 13 heavy (non-hydrogen) atoms. The van der Waals surface area contributed by atoms with Gasteiger partial charge in [-0.3, -0.25) is 4.68 Å². The van der Waals surface area contributed by atoms with Gasteiger partial charge in [-0.1, -0.05) is 0 Å². The van der Waals surface area contributed by atoms with E-state index < -0.39 is 5.97 Å². The lowest BCUT2D eigenvalue weighted by Gasteiger charge is -1.97. The molecule has 0 saturated heterocycles. The molecule has 2 heterocycles. The maximum Gasteiger partial charge on any atom is 0.354 e. The highest BCUT2D eigenvalue weighted by atomic mass is 35.5. The van der Waals surface area contributed by atoms with Crippen LogP contribution in [0.2, 0.25) is 0 Å². The summed E-state index contributed by atoms with van der Waals surface area (Å²) in [6.45, 7) is 1.29. The van der Waals surface area contributed by atoms with Gasteiger partial charge >= 0.3 is 5.97 Å². The summed E-state index contributed by atoms with van der Waals surface area (Å²) in [5, 5.41) is 16.0. The summed E-state index contributed by atoms with van der Waals surface area (Å²) in [4.78, 5) is 10.8. The number of rotatable bonds is 1. The first-order chi connectivity index (χ1) is 5.70. The Morgan fingerprint density at radius 3 is 2.92 bits per heavy atom. The number of carbonyl (C=O) groups is 1. The summed E-state index contributed by atoms with van der Waals surface area (Å²) in [6.07, 6.45) is 0. The van der Waals surface area contributed by atoms with Gasteiger partial charge in [0.05, 0.1) is 5.69 Å². The molecule has 2 rings (SSSR count). The number of fused-ring (bicyclic) bond motifs is 1. The summed E-state index contributed by atoms with van der Waals surface area (Å²) in [6, 6.07) is 0. The van der Waals surface area contributed by atoms with Gasteiger partial charge in [-0.05, 0) is 0 Å². The van der Waals surface area contributed by atoms with E-state index in [1.807, 2.05) is 0 Å². The van der Waals surface area contributed by atoms with E-state index in [-0.39, 0.29) is 12.4 Å². The van der Waals surface area contributed by atoms with E-state index in [1.54, 1.807) is 7.05 Å². The Morgan fingerprint density at radius 2 is 2.31 bits per heavy atom. The highest BCUT2D eigenvalue weighted by Gasteiger charge is 2.24. The molecule has 72 valence electrons. The van der Waals surface area contributed by atoms with E-state index in [0.717, 1.165) is 11.3 Å². The molecule has 1 aliphatic heterocycles. The van der Waals surface area contributed by atoms with Crippen LogP contribution in [0.4, 0.5) is 0 Å². The highest BCUT2D eigenvalue weighted by molar-refractivity contribution is 5.87. The molecular formula is C7H10ClN3O2. The summed E-state index contributed by atoms with van der Waals surface area (Å²) in [7, 11) is 1.65. The van der Waals surface area contributed by atoms with Crippen LogP contribution in [0.15, 0.2) is 0 Å². The van der Waals surface area contributed by atoms with Gasteiger partial charge in [0, 0.05) is 25.7 Å².